The van der Waals surface area contributed by atoms with Crippen LogP contribution in [-0.2, 0) is 20.7 Å². The van der Waals surface area contributed by atoms with Crippen LogP contribution in [0, 0.1) is 0 Å². The number of amides is 2. The van der Waals surface area contributed by atoms with Gasteiger partial charge in [-0.1, -0.05) is 31.2 Å². The van der Waals surface area contributed by atoms with Crippen LogP contribution in [0.1, 0.15) is 53.0 Å². The van der Waals surface area contributed by atoms with E-state index in [2.05, 4.69) is 5.32 Å². The van der Waals surface area contributed by atoms with E-state index in [0.29, 0.717) is 24.1 Å². The second-order valence-electron chi connectivity index (χ2n) is 7.43. The van der Waals surface area contributed by atoms with Crippen molar-refractivity contribution in [3.63, 3.8) is 0 Å². The molecule has 2 aromatic rings. The average Bonchev–Trinajstić information content (AvgIpc) is 3.22. The van der Waals surface area contributed by atoms with Crippen LogP contribution in [0.15, 0.2) is 48.5 Å². The highest BCUT2D eigenvalue weighted by Gasteiger charge is 2.22. The van der Waals surface area contributed by atoms with Crippen molar-refractivity contribution in [1.82, 2.24) is 5.32 Å². The molecule has 0 aromatic heterocycles. The van der Waals surface area contributed by atoms with Gasteiger partial charge in [-0.25, -0.2) is 0 Å². The van der Waals surface area contributed by atoms with E-state index in [9.17, 15) is 19.2 Å². The SMILES string of the molecule is CCc1ccc(C(=O)[C@H](C)OC(=O)CNC(=O)c2ccc(N3CCCC3=O)cc2)cc1. The van der Waals surface area contributed by atoms with Crippen molar-refractivity contribution in [2.45, 2.75) is 39.2 Å². The molecule has 7 heteroatoms. The molecule has 162 valence electrons. The molecule has 1 N–H and O–H groups in total. The number of aryl methyl sites for hydroxylation is 1. The Kier molecular flexibility index (Phi) is 7.18. The predicted octanol–water partition coefficient (Wildman–Crippen LogP) is 2.92. The fourth-order valence-electron chi connectivity index (χ4n) is 3.40. The lowest BCUT2D eigenvalue weighted by molar-refractivity contribution is -0.145. The van der Waals surface area contributed by atoms with Crippen LogP contribution < -0.4 is 10.2 Å². The quantitative estimate of drug-likeness (QED) is 0.522. The number of nitrogens with zero attached hydrogens (tertiary/aromatic N) is 1. The van der Waals surface area contributed by atoms with Crippen molar-refractivity contribution in [3.05, 3.63) is 65.2 Å². The van der Waals surface area contributed by atoms with Crippen molar-refractivity contribution in [1.29, 1.82) is 0 Å². The summed E-state index contributed by atoms with van der Waals surface area (Å²) in [4.78, 5) is 50.2. The van der Waals surface area contributed by atoms with Gasteiger partial charge in [-0.05, 0) is 49.6 Å². The molecule has 7 nitrogen and oxygen atoms in total. The van der Waals surface area contributed by atoms with Crippen molar-refractivity contribution in [2.24, 2.45) is 0 Å². The van der Waals surface area contributed by atoms with Gasteiger partial charge in [-0.2, -0.15) is 0 Å². The maximum atomic E-state index is 12.4. The van der Waals surface area contributed by atoms with Crippen molar-refractivity contribution in [2.75, 3.05) is 18.0 Å². The molecule has 3 rings (SSSR count). The van der Waals surface area contributed by atoms with Crippen LogP contribution in [-0.4, -0.2) is 42.8 Å². The summed E-state index contributed by atoms with van der Waals surface area (Å²) in [5.74, 6) is -1.36. The smallest absolute Gasteiger partial charge is 0.326 e. The lowest BCUT2D eigenvalue weighted by Crippen LogP contribution is -2.34. The fourth-order valence-corrected chi connectivity index (χ4v) is 3.40. The van der Waals surface area contributed by atoms with Crippen molar-refractivity contribution in [3.8, 4) is 0 Å². The third-order valence-corrected chi connectivity index (χ3v) is 5.23. The Balaban J connectivity index is 1.48. The van der Waals surface area contributed by atoms with E-state index < -0.39 is 18.0 Å². The van der Waals surface area contributed by atoms with E-state index in [0.717, 1.165) is 24.1 Å². The molecular formula is C24H26N2O5. The minimum atomic E-state index is -0.950. The van der Waals surface area contributed by atoms with Gasteiger partial charge in [-0.15, -0.1) is 0 Å². The first-order valence-corrected chi connectivity index (χ1v) is 10.4. The topological polar surface area (TPSA) is 92.8 Å². The molecule has 1 aliphatic rings. The lowest BCUT2D eigenvalue weighted by atomic mass is 10.0. The molecule has 0 bridgehead atoms. The van der Waals surface area contributed by atoms with Gasteiger partial charge in [-0.3, -0.25) is 19.2 Å². The zero-order valence-corrected chi connectivity index (χ0v) is 17.7. The van der Waals surface area contributed by atoms with Crippen LogP contribution in [0.25, 0.3) is 0 Å². The molecule has 2 aromatic carbocycles. The number of hydrogen-bond acceptors (Lipinski definition) is 5. The Labute approximate surface area is 181 Å². The number of carbonyl (C=O) groups is 4. The molecule has 1 aliphatic heterocycles. The van der Waals surface area contributed by atoms with Gasteiger partial charge in [0.2, 0.25) is 11.7 Å². The van der Waals surface area contributed by atoms with Gasteiger partial charge in [0, 0.05) is 29.8 Å². The molecule has 2 amide bonds. The summed E-state index contributed by atoms with van der Waals surface area (Å²) in [6, 6.07) is 13.8. The Hall–Kier alpha value is -3.48. The summed E-state index contributed by atoms with van der Waals surface area (Å²) in [5, 5.41) is 2.49. The first-order valence-electron chi connectivity index (χ1n) is 10.4. The van der Waals surface area contributed by atoms with Gasteiger partial charge >= 0.3 is 5.97 Å². The van der Waals surface area contributed by atoms with Gasteiger partial charge in [0.15, 0.2) is 6.10 Å². The number of ketones is 1. The highest BCUT2D eigenvalue weighted by Crippen LogP contribution is 2.21. The number of rotatable bonds is 8. The molecule has 0 unspecified atom stereocenters. The van der Waals surface area contributed by atoms with E-state index in [-0.39, 0.29) is 18.2 Å². The summed E-state index contributed by atoms with van der Waals surface area (Å²) in [5.41, 5.74) is 2.70. The number of carbonyl (C=O) groups excluding carboxylic acids is 4. The molecule has 0 radical (unpaired) electrons. The lowest BCUT2D eigenvalue weighted by Gasteiger charge is -2.16. The zero-order valence-electron chi connectivity index (χ0n) is 17.7. The molecule has 0 spiro atoms. The van der Waals surface area contributed by atoms with Crippen LogP contribution in [0.4, 0.5) is 5.69 Å². The van der Waals surface area contributed by atoms with Gasteiger partial charge in [0.1, 0.15) is 6.54 Å². The standard InChI is InChI=1S/C24H26N2O5/c1-3-17-6-8-18(9-7-17)23(29)16(2)31-22(28)15-25-24(30)19-10-12-20(13-11-19)26-14-4-5-21(26)27/h6-13,16H,3-5,14-15H2,1-2H3,(H,25,30)/t16-/m0/s1. The van der Waals surface area contributed by atoms with Gasteiger partial charge < -0.3 is 15.0 Å². The highest BCUT2D eigenvalue weighted by atomic mass is 16.5. The largest absolute Gasteiger partial charge is 0.453 e. The van der Waals surface area contributed by atoms with Crippen LogP contribution >= 0.6 is 0 Å². The molecular weight excluding hydrogens is 396 g/mol. The first kappa shape index (κ1) is 22.2. The summed E-state index contributed by atoms with van der Waals surface area (Å²) in [7, 11) is 0. The fraction of sp³-hybridized carbons (Fsp3) is 0.333. The minimum Gasteiger partial charge on any atom is -0.453 e. The average molecular weight is 422 g/mol. The normalized spacial score (nSPS) is 14.3. The highest BCUT2D eigenvalue weighted by molar-refractivity contribution is 6.01. The molecule has 1 atom stereocenters. The van der Waals surface area contributed by atoms with Crippen LogP contribution in [0.3, 0.4) is 0 Å². The van der Waals surface area contributed by atoms with E-state index in [4.69, 9.17) is 4.74 Å². The molecule has 1 fully saturated rings. The molecule has 1 heterocycles. The summed E-state index contributed by atoms with van der Waals surface area (Å²) >= 11 is 0. The summed E-state index contributed by atoms with van der Waals surface area (Å²) in [6.45, 7) is 3.86. The molecule has 0 saturated carbocycles. The van der Waals surface area contributed by atoms with Crippen molar-refractivity contribution < 1.29 is 23.9 Å². The third kappa shape index (κ3) is 5.57. The summed E-state index contributed by atoms with van der Waals surface area (Å²) in [6.07, 6.45) is 1.29. The van der Waals surface area contributed by atoms with E-state index in [1.54, 1.807) is 41.3 Å². The van der Waals surface area contributed by atoms with E-state index in [1.165, 1.54) is 6.92 Å². The monoisotopic (exact) mass is 422 g/mol. The van der Waals surface area contributed by atoms with E-state index in [1.807, 2.05) is 19.1 Å². The first-order chi connectivity index (χ1) is 14.9. The number of anilines is 1. The molecule has 0 aliphatic carbocycles. The van der Waals surface area contributed by atoms with Crippen LogP contribution in [0.5, 0.6) is 0 Å². The summed E-state index contributed by atoms with van der Waals surface area (Å²) < 4.78 is 5.16. The second kappa shape index (κ2) is 10.0. The zero-order chi connectivity index (χ0) is 22.4. The third-order valence-electron chi connectivity index (χ3n) is 5.23. The van der Waals surface area contributed by atoms with Gasteiger partial charge in [0.05, 0.1) is 0 Å². The number of benzene rings is 2. The number of nitrogens with one attached hydrogen (secondary N) is 1. The minimum absolute atomic E-state index is 0.0740. The number of ether oxygens (including phenoxy) is 1. The van der Waals surface area contributed by atoms with E-state index >= 15 is 0 Å². The number of hydrogen-bond donors (Lipinski definition) is 1. The van der Waals surface area contributed by atoms with Crippen LogP contribution in [0.2, 0.25) is 0 Å². The number of esters is 1. The van der Waals surface area contributed by atoms with Crippen molar-refractivity contribution >= 4 is 29.3 Å². The maximum absolute atomic E-state index is 12.4. The Morgan fingerprint density at radius 2 is 1.68 bits per heavy atom. The second-order valence-corrected chi connectivity index (χ2v) is 7.43. The predicted molar refractivity (Wildman–Crippen MR) is 116 cm³/mol. The maximum Gasteiger partial charge on any atom is 0.326 e. The molecule has 1 saturated heterocycles. The Morgan fingerprint density at radius 3 is 2.26 bits per heavy atom. The molecule has 31 heavy (non-hydrogen) atoms. The van der Waals surface area contributed by atoms with Gasteiger partial charge in [0.25, 0.3) is 5.91 Å². The number of Topliss-reactive ketones (excluding diaryl/α,β-unsaturated/α-hetero) is 1. The Morgan fingerprint density at radius 1 is 1.03 bits per heavy atom. The Bertz CT molecular complexity index is 966.